The van der Waals surface area contributed by atoms with E-state index in [0.717, 1.165) is 29.9 Å². The van der Waals surface area contributed by atoms with Gasteiger partial charge >= 0.3 is 0 Å². The second kappa shape index (κ2) is 7.61. The number of carbonyl (C=O) groups is 1. The molecule has 1 N–H and O–H groups in total. The van der Waals surface area contributed by atoms with Crippen LogP contribution in [0.3, 0.4) is 0 Å². The third kappa shape index (κ3) is 3.78. The van der Waals surface area contributed by atoms with Crippen LogP contribution in [0.25, 0.3) is 17.1 Å². The van der Waals surface area contributed by atoms with Gasteiger partial charge in [0.2, 0.25) is 0 Å². The van der Waals surface area contributed by atoms with E-state index in [1.54, 1.807) is 4.68 Å². The SMILES string of the molecule is Cn1cccc1-c1cc(C(=O)NC2CCCCC2)n(-c2cccc(Cl)c2)n1. The first-order chi connectivity index (χ1) is 13.1. The van der Waals surface area contributed by atoms with Crippen molar-refractivity contribution < 1.29 is 4.79 Å². The highest BCUT2D eigenvalue weighted by Gasteiger charge is 2.22. The van der Waals surface area contributed by atoms with E-state index >= 15 is 0 Å². The van der Waals surface area contributed by atoms with E-state index in [-0.39, 0.29) is 11.9 Å². The molecule has 2 aromatic heterocycles. The van der Waals surface area contributed by atoms with Gasteiger partial charge in [-0.25, -0.2) is 4.68 Å². The van der Waals surface area contributed by atoms with Crippen LogP contribution in [0.4, 0.5) is 0 Å². The van der Waals surface area contributed by atoms with Gasteiger partial charge in [-0.05, 0) is 49.2 Å². The molecule has 1 aromatic carbocycles. The van der Waals surface area contributed by atoms with Crippen molar-refractivity contribution in [2.75, 3.05) is 0 Å². The average Bonchev–Trinajstić information content (AvgIpc) is 3.29. The quantitative estimate of drug-likeness (QED) is 0.717. The Morgan fingerprint density at radius 2 is 1.96 bits per heavy atom. The van der Waals surface area contributed by atoms with Gasteiger partial charge in [-0.3, -0.25) is 4.79 Å². The Balaban J connectivity index is 1.72. The molecule has 0 bridgehead atoms. The maximum atomic E-state index is 13.0. The van der Waals surface area contributed by atoms with E-state index in [4.69, 9.17) is 16.7 Å². The van der Waals surface area contributed by atoms with Crippen molar-refractivity contribution in [3.8, 4) is 17.1 Å². The number of hydrogen-bond donors (Lipinski definition) is 1. The zero-order valence-corrected chi connectivity index (χ0v) is 16.1. The van der Waals surface area contributed by atoms with E-state index in [2.05, 4.69) is 5.32 Å². The first kappa shape index (κ1) is 17.9. The van der Waals surface area contributed by atoms with Crippen molar-refractivity contribution in [2.24, 2.45) is 7.05 Å². The van der Waals surface area contributed by atoms with Crippen LogP contribution in [0, 0.1) is 0 Å². The molecule has 0 aliphatic heterocycles. The number of amides is 1. The summed E-state index contributed by atoms with van der Waals surface area (Å²) in [6.07, 6.45) is 7.66. The summed E-state index contributed by atoms with van der Waals surface area (Å²) in [6, 6.07) is 13.5. The molecule has 1 amide bonds. The first-order valence-corrected chi connectivity index (χ1v) is 9.78. The fourth-order valence-electron chi connectivity index (χ4n) is 3.71. The molecule has 0 atom stereocenters. The zero-order chi connectivity index (χ0) is 18.8. The molecule has 0 spiro atoms. The molecule has 0 radical (unpaired) electrons. The number of benzene rings is 1. The van der Waals surface area contributed by atoms with Crippen LogP contribution in [0.1, 0.15) is 42.6 Å². The second-order valence-electron chi connectivity index (χ2n) is 7.12. The van der Waals surface area contributed by atoms with Crippen molar-refractivity contribution in [3.63, 3.8) is 0 Å². The molecule has 140 valence electrons. The van der Waals surface area contributed by atoms with Crippen LogP contribution in [-0.4, -0.2) is 26.3 Å². The Morgan fingerprint density at radius 3 is 2.67 bits per heavy atom. The van der Waals surface area contributed by atoms with Crippen LogP contribution < -0.4 is 5.32 Å². The summed E-state index contributed by atoms with van der Waals surface area (Å²) in [7, 11) is 1.97. The van der Waals surface area contributed by atoms with Gasteiger partial charge in [-0.2, -0.15) is 5.10 Å². The van der Waals surface area contributed by atoms with Gasteiger partial charge in [0.25, 0.3) is 5.91 Å². The van der Waals surface area contributed by atoms with Crippen molar-refractivity contribution in [1.82, 2.24) is 19.7 Å². The van der Waals surface area contributed by atoms with E-state index in [1.807, 2.05) is 60.3 Å². The highest BCUT2D eigenvalue weighted by atomic mass is 35.5. The highest BCUT2D eigenvalue weighted by molar-refractivity contribution is 6.30. The molecule has 1 aliphatic rings. The molecule has 5 nitrogen and oxygen atoms in total. The van der Waals surface area contributed by atoms with E-state index < -0.39 is 0 Å². The summed E-state index contributed by atoms with van der Waals surface area (Å²) >= 11 is 6.17. The Hall–Kier alpha value is -2.53. The number of aromatic nitrogens is 3. The van der Waals surface area contributed by atoms with Gasteiger partial charge in [0.1, 0.15) is 11.4 Å². The molecular weight excluding hydrogens is 360 g/mol. The van der Waals surface area contributed by atoms with Crippen LogP contribution >= 0.6 is 11.6 Å². The number of hydrogen-bond acceptors (Lipinski definition) is 2. The molecule has 6 heteroatoms. The number of halogens is 1. The molecule has 2 heterocycles. The number of nitrogens with zero attached hydrogens (tertiary/aromatic N) is 3. The third-order valence-corrected chi connectivity index (χ3v) is 5.38. The highest BCUT2D eigenvalue weighted by Crippen LogP contribution is 2.24. The lowest BCUT2D eigenvalue weighted by molar-refractivity contribution is 0.0920. The lowest BCUT2D eigenvalue weighted by atomic mass is 9.95. The summed E-state index contributed by atoms with van der Waals surface area (Å²) in [5.41, 5.74) is 3.02. The van der Waals surface area contributed by atoms with E-state index in [1.165, 1.54) is 19.3 Å². The zero-order valence-electron chi connectivity index (χ0n) is 15.4. The minimum absolute atomic E-state index is 0.0881. The van der Waals surface area contributed by atoms with Gasteiger partial charge in [0.05, 0.1) is 11.4 Å². The summed E-state index contributed by atoms with van der Waals surface area (Å²) in [5, 5.41) is 8.52. The smallest absolute Gasteiger partial charge is 0.270 e. The molecule has 0 unspecified atom stereocenters. The summed E-state index contributed by atoms with van der Waals surface area (Å²) < 4.78 is 3.68. The van der Waals surface area contributed by atoms with Crippen LogP contribution in [0.5, 0.6) is 0 Å². The third-order valence-electron chi connectivity index (χ3n) is 5.14. The maximum Gasteiger partial charge on any atom is 0.270 e. The van der Waals surface area contributed by atoms with Crippen LogP contribution in [0.2, 0.25) is 5.02 Å². The average molecular weight is 383 g/mol. The number of nitrogens with one attached hydrogen (secondary N) is 1. The van der Waals surface area contributed by atoms with Crippen molar-refractivity contribution in [3.05, 3.63) is 59.4 Å². The molecule has 4 rings (SSSR count). The Labute approximate surface area is 164 Å². The Morgan fingerprint density at radius 1 is 1.15 bits per heavy atom. The predicted octanol–water partition coefficient (Wildman–Crippen LogP) is 4.59. The topological polar surface area (TPSA) is 51.9 Å². The van der Waals surface area contributed by atoms with Crippen LogP contribution in [0.15, 0.2) is 48.7 Å². The summed E-state index contributed by atoms with van der Waals surface area (Å²) in [5.74, 6) is -0.0881. The van der Waals surface area contributed by atoms with E-state index in [0.29, 0.717) is 10.7 Å². The minimum Gasteiger partial charge on any atom is -0.349 e. The van der Waals surface area contributed by atoms with Gasteiger partial charge in [-0.1, -0.05) is 36.9 Å². The fraction of sp³-hybridized carbons (Fsp3) is 0.333. The predicted molar refractivity (Wildman–Crippen MR) is 107 cm³/mol. The van der Waals surface area contributed by atoms with Gasteiger partial charge in [0.15, 0.2) is 0 Å². The lowest BCUT2D eigenvalue weighted by Gasteiger charge is -2.22. The fourth-order valence-corrected chi connectivity index (χ4v) is 3.89. The standard InChI is InChI=1S/C21H23ClN4O/c1-25-12-6-11-19(25)18-14-20(21(27)23-16-8-3-2-4-9-16)26(24-18)17-10-5-7-15(22)13-17/h5-7,10-14,16H,2-4,8-9H2,1H3,(H,23,27). The van der Waals surface area contributed by atoms with Gasteiger partial charge in [0, 0.05) is 24.3 Å². The molecular formula is C21H23ClN4O. The monoisotopic (exact) mass is 382 g/mol. The van der Waals surface area contributed by atoms with E-state index in [9.17, 15) is 4.79 Å². The largest absolute Gasteiger partial charge is 0.349 e. The Bertz CT molecular complexity index is 953. The molecule has 3 aromatic rings. The lowest BCUT2D eigenvalue weighted by Crippen LogP contribution is -2.37. The molecule has 1 fully saturated rings. The number of rotatable bonds is 4. The molecule has 1 aliphatic carbocycles. The molecule has 0 saturated heterocycles. The summed E-state index contributed by atoms with van der Waals surface area (Å²) in [6.45, 7) is 0. The Kier molecular flexibility index (Phi) is 5.03. The number of aryl methyl sites for hydroxylation is 1. The number of carbonyl (C=O) groups excluding carboxylic acids is 1. The second-order valence-corrected chi connectivity index (χ2v) is 7.56. The normalized spacial score (nSPS) is 15.0. The molecule has 27 heavy (non-hydrogen) atoms. The van der Waals surface area contributed by atoms with Crippen molar-refractivity contribution in [2.45, 2.75) is 38.1 Å². The van der Waals surface area contributed by atoms with Gasteiger partial charge < -0.3 is 9.88 Å². The first-order valence-electron chi connectivity index (χ1n) is 9.40. The minimum atomic E-state index is -0.0881. The van der Waals surface area contributed by atoms with Crippen molar-refractivity contribution >= 4 is 17.5 Å². The summed E-state index contributed by atoms with van der Waals surface area (Å²) in [4.78, 5) is 13.0. The van der Waals surface area contributed by atoms with Crippen LogP contribution in [-0.2, 0) is 7.05 Å². The van der Waals surface area contributed by atoms with Gasteiger partial charge in [-0.15, -0.1) is 0 Å². The maximum absolute atomic E-state index is 13.0. The van der Waals surface area contributed by atoms with Crippen molar-refractivity contribution in [1.29, 1.82) is 0 Å². The molecule has 1 saturated carbocycles.